The lowest BCUT2D eigenvalue weighted by Gasteiger charge is -2.47. The second-order valence-corrected chi connectivity index (χ2v) is 28.0. The molecule has 5 N–H and O–H groups in total. The number of ether oxygens (including phenoxy) is 2. The average molecular weight is 877 g/mol. The Morgan fingerprint density at radius 1 is 1.07 bits per heavy atom. The van der Waals surface area contributed by atoms with Crippen molar-refractivity contribution in [3.63, 3.8) is 0 Å². The molecule has 0 amide bonds. The normalized spacial score (nSPS) is 30.2. The zero-order valence-corrected chi connectivity index (χ0v) is 37.2. The Hall–Kier alpha value is -2.15. The van der Waals surface area contributed by atoms with Crippen LogP contribution >= 0.6 is 15.0 Å². The minimum Gasteiger partial charge on any atom is -0.474 e. The Morgan fingerprint density at radius 3 is 2.43 bits per heavy atom. The van der Waals surface area contributed by atoms with Gasteiger partial charge in [-0.1, -0.05) is 55.4 Å². The first kappa shape index (κ1) is 43.4. The van der Waals surface area contributed by atoms with E-state index in [1.165, 1.54) is 17.2 Å². The van der Waals surface area contributed by atoms with Crippen LogP contribution in [-0.4, -0.2) is 100 Å². The molecule has 19 nitrogen and oxygen atoms in total. The molecule has 0 radical (unpaired) electrons. The van der Waals surface area contributed by atoms with E-state index in [1.807, 2.05) is 55.4 Å². The van der Waals surface area contributed by atoms with Gasteiger partial charge >= 0.3 is 32.1 Å². The molecule has 2 unspecified atom stereocenters. The second kappa shape index (κ2) is 17.2. The van der Waals surface area contributed by atoms with E-state index in [4.69, 9.17) is 53.7 Å². The molecule has 0 aromatic carbocycles. The number of nitrogens with one attached hydrogen (secondary N) is 1. The minimum absolute atomic E-state index is 0.0309. The van der Waals surface area contributed by atoms with Gasteiger partial charge in [-0.05, 0) is 40.4 Å². The van der Waals surface area contributed by atoms with Crippen LogP contribution in [0.3, 0.4) is 0 Å². The molecule has 24 heteroatoms. The highest BCUT2D eigenvalue weighted by molar-refractivity contribution is 8.07. The van der Waals surface area contributed by atoms with E-state index < -0.39 is 74.2 Å². The first-order valence-corrected chi connectivity index (χ1v) is 26.3. The molecular weight excluding hydrogens is 825 g/mol. The van der Waals surface area contributed by atoms with Crippen molar-refractivity contribution in [2.24, 2.45) is 5.92 Å². The molecular formula is C32H52N7O12P2SSi2+. The van der Waals surface area contributed by atoms with Crippen LogP contribution in [0, 0.1) is 5.92 Å². The summed E-state index contributed by atoms with van der Waals surface area (Å²) in [5.41, 5.74) is 4.58. The molecule has 3 aliphatic rings. The fourth-order valence-electron chi connectivity index (χ4n) is 7.63. The van der Waals surface area contributed by atoms with Crippen LogP contribution in [0.2, 0.25) is 22.2 Å². The fourth-order valence-corrected chi connectivity index (χ4v) is 19.8. The summed E-state index contributed by atoms with van der Waals surface area (Å²) in [4.78, 5) is 55.9. The van der Waals surface area contributed by atoms with Crippen molar-refractivity contribution in [3.8, 4) is 5.88 Å². The van der Waals surface area contributed by atoms with Gasteiger partial charge in [-0.2, -0.15) is 4.98 Å². The molecule has 3 aromatic rings. The number of hydrogen-bond acceptors (Lipinski definition) is 17. The Labute approximate surface area is 333 Å². The Morgan fingerprint density at radius 2 is 1.79 bits per heavy atom. The summed E-state index contributed by atoms with van der Waals surface area (Å²) in [6.45, 7) is 11.0. The number of nitrogens with zero attached hydrogens (tertiary/aromatic N) is 5. The molecule has 1 aliphatic carbocycles. The molecule has 6 rings (SSSR count). The van der Waals surface area contributed by atoms with Crippen molar-refractivity contribution in [1.82, 2.24) is 29.5 Å². The summed E-state index contributed by atoms with van der Waals surface area (Å²) < 4.78 is 66.3. The van der Waals surface area contributed by atoms with Gasteiger partial charge in [-0.3, -0.25) is 18.9 Å². The predicted octanol–water partition coefficient (Wildman–Crippen LogP) is 4.86. The number of H-pyrrole nitrogens is 1. The van der Waals surface area contributed by atoms with E-state index >= 15 is 0 Å². The molecule has 1 saturated carbocycles. The summed E-state index contributed by atoms with van der Waals surface area (Å²) in [6.07, 6.45) is -0.739. The Kier molecular flexibility index (Phi) is 13.4. The van der Waals surface area contributed by atoms with E-state index in [2.05, 4.69) is 24.9 Å². The van der Waals surface area contributed by atoms with Gasteiger partial charge in [0.1, 0.15) is 43.5 Å². The van der Waals surface area contributed by atoms with Gasteiger partial charge in [0.15, 0.2) is 17.4 Å². The van der Waals surface area contributed by atoms with Gasteiger partial charge in [-0.15, -0.1) is 9.05 Å². The maximum absolute atomic E-state index is 13.6. The number of rotatable bonds is 11. The highest BCUT2D eigenvalue weighted by atomic mass is 32.5. The van der Waals surface area contributed by atoms with E-state index in [0.29, 0.717) is 18.7 Å². The Bertz CT molecular complexity index is 1950. The zero-order valence-electron chi connectivity index (χ0n) is 32.6. The van der Waals surface area contributed by atoms with E-state index in [0.717, 1.165) is 0 Å². The monoisotopic (exact) mass is 876 g/mol. The standard InChI is InChI=1S/C32H51N7O12P2SSi2/c1-17(2)55(43,18(3)4)51-56(19(5)6,20(7)8)50-27-24-14-44-52(41)48-23-12-22(46-25-9-10-34-15-35-25)11-21(23)13-45-53(42,54)49-28(27)31(47-24)39-16-36-26-29(39)37-32(33)38-30(26)40/h9-10,15-24,27-28,31,43H,11-14H2,1-8H3,(H3-,33,37,38,40,42,54)/p+1/t21-,22-,23+,24-,27-,28-,31-,53?/m1/s1. The quantitative estimate of drug-likeness (QED) is 0.148. The molecule has 3 aromatic heterocycles. The van der Waals surface area contributed by atoms with E-state index in [1.54, 1.807) is 12.3 Å². The molecule has 310 valence electrons. The van der Waals surface area contributed by atoms with Crippen molar-refractivity contribution in [2.75, 3.05) is 18.9 Å². The molecule has 9 atom stereocenters. The minimum atomic E-state index is -4.16. The van der Waals surface area contributed by atoms with Crippen molar-refractivity contribution < 1.29 is 50.4 Å². The van der Waals surface area contributed by atoms with Gasteiger partial charge in [0, 0.05) is 29.2 Å². The number of imidazole rings is 1. The maximum Gasteiger partial charge on any atom is 0.697 e. The van der Waals surface area contributed by atoms with Crippen LogP contribution in [0.25, 0.3) is 11.2 Å². The third kappa shape index (κ3) is 9.03. The van der Waals surface area contributed by atoms with Gasteiger partial charge in [0.25, 0.3) is 5.56 Å². The lowest BCUT2D eigenvalue weighted by atomic mass is 10.1. The number of aromatic nitrogens is 6. The van der Waals surface area contributed by atoms with Gasteiger partial charge in [0.05, 0.1) is 12.9 Å². The highest BCUT2D eigenvalue weighted by Crippen LogP contribution is 2.54. The summed E-state index contributed by atoms with van der Waals surface area (Å²) in [6, 6.07) is 1.63. The summed E-state index contributed by atoms with van der Waals surface area (Å²) in [5, 5.41) is 0. The number of aromatic amines is 1. The van der Waals surface area contributed by atoms with Crippen molar-refractivity contribution in [1.29, 1.82) is 0 Å². The first-order chi connectivity index (χ1) is 26.3. The highest BCUT2D eigenvalue weighted by Gasteiger charge is 2.60. The molecule has 2 aliphatic heterocycles. The largest absolute Gasteiger partial charge is 0.697 e. The average Bonchev–Trinajstić information content (AvgIpc) is 3.80. The molecule has 3 fully saturated rings. The molecule has 5 heterocycles. The topological polar surface area (TPSA) is 247 Å². The van der Waals surface area contributed by atoms with Crippen LogP contribution in [0.15, 0.2) is 29.7 Å². The molecule has 0 spiro atoms. The molecule has 2 bridgehead atoms. The van der Waals surface area contributed by atoms with Crippen LogP contribution < -0.4 is 16.0 Å². The number of nitrogens with two attached hydrogens (primary N) is 1. The van der Waals surface area contributed by atoms with Crippen LogP contribution in [0.4, 0.5) is 5.95 Å². The van der Waals surface area contributed by atoms with Crippen molar-refractivity contribution in [3.05, 3.63) is 35.3 Å². The summed E-state index contributed by atoms with van der Waals surface area (Å²) in [5.74, 6) is -0.235. The van der Waals surface area contributed by atoms with Crippen LogP contribution in [-0.2, 0) is 47.7 Å². The van der Waals surface area contributed by atoms with E-state index in [9.17, 15) is 19.0 Å². The summed E-state index contributed by atoms with van der Waals surface area (Å²) in [7, 11) is -9.75. The number of nitrogen functional groups attached to an aromatic ring is 1. The lowest BCUT2D eigenvalue weighted by molar-refractivity contribution is -0.0495. The number of hydrogen-bond donors (Lipinski definition) is 4. The molecule has 2 saturated heterocycles. The van der Waals surface area contributed by atoms with Crippen molar-refractivity contribution >= 4 is 61.0 Å². The third-order valence-corrected chi connectivity index (χ3v) is 22.7. The zero-order chi connectivity index (χ0) is 40.7. The number of fused-ring (bicyclic) bond motifs is 4. The van der Waals surface area contributed by atoms with Crippen molar-refractivity contribution in [2.45, 2.75) is 127 Å². The van der Waals surface area contributed by atoms with Crippen LogP contribution in [0.1, 0.15) is 74.5 Å². The SMILES string of the molecule is CC(C)[Si](O)(O[Si](O[C@H]1[C@H]2OP(O)(=S)OC[C@H]3C[C@@H](Oc4ccncn4)C[C@@H]3O[P+](=O)OC[C@H]1O[C@H]2n1cnc2c(=O)[nH]c(N)nc21)(C(C)C)C(C)C)C(C)C. The van der Waals surface area contributed by atoms with Crippen LogP contribution in [0.5, 0.6) is 5.88 Å². The molecule has 56 heavy (non-hydrogen) atoms. The van der Waals surface area contributed by atoms with Gasteiger partial charge in [0.2, 0.25) is 11.8 Å². The first-order valence-electron chi connectivity index (χ1n) is 18.7. The fraction of sp³-hybridized carbons (Fsp3) is 0.719. The third-order valence-electron chi connectivity index (χ3n) is 10.6. The Balaban J connectivity index is 1.41. The maximum atomic E-state index is 13.6. The second-order valence-electron chi connectivity index (χ2n) is 15.6. The van der Waals surface area contributed by atoms with Gasteiger partial charge < -0.3 is 38.0 Å². The predicted molar refractivity (Wildman–Crippen MR) is 211 cm³/mol. The smallest absolute Gasteiger partial charge is 0.474 e. The lowest BCUT2D eigenvalue weighted by Crippen LogP contribution is -2.62. The summed E-state index contributed by atoms with van der Waals surface area (Å²) >= 11 is 5.68. The number of anilines is 1. The van der Waals surface area contributed by atoms with Gasteiger partial charge in [-0.25, -0.2) is 15.0 Å². The van der Waals surface area contributed by atoms with E-state index in [-0.39, 0.29) is 58.6 Å².